The Kier molecular flexibility index (Phi) is 6.03. The molecule has 2 amide bonds. The SMILES string of the molecule is CCOC(=O)C1=C(CS(=O)(=O)c2ccccc2)NC(=O)N[C@H]1c1ccccc1C. The summed E-state index contributed by atoms with van der Waals surface area (Å²) in [4.78, 5) is 25.2. The molecule has 0 bridgehead atoms. The van der Waals surface area contributed by atoms with Gasteiger partial charge in [0.05, 0.1) is 28.9 Å². The lowest BCUT2D eigenvalue weighted by molar-refractivity contribution is -0.139. The predicted molar refractivity (Wildman–Crippen MR) is 108 cm³/mol. The summed E-state index contributed by atoms with van der Waals surface area (Å²) in [5, 5.41) is 5.22. The van der Waals surface area contributed by atoms with Gasteiger partial charge in [0.15, 0.2) is 9.84 Å². The number of urea groups is 1. The molecule has 1 atom stereocenters. The van der Waals surface area contributed by atoms with E-state index in [4.69, 9.17) is 4.74 Å². The number of hydrogen-bond donors (Lipinski definition) is 2. The Morgan fingerprint density at radius 1 is 1.07 bits per heavy atom. The van der Waals surface area contributed by atoms with Crippen LogP contribution in [0.25, 0.3) is 0 Å². The van der Waals surface area contributed by atoms with Crippen LogP contribution in [0.2, 0.25) is 0 Å². The van der Waals surface area contributed by atoms with Gasteiger partial charge in [-0.15, -0.1) is 0 Å². The number of carbonyl (C=O) groups is 2. The summed E-state index contributed by atoms with van der Waals surface area (Å²) in [7, 11) is -3.79. The Bertz CT molecular complexity index is 1060. The standard InChI is InChI=1S/C21H22N2O5S/c1-3-28-20(24)18-17(13-29(26,27)15-10-5-4-6-11-15)22-21(25)23-19(18)16-12-8-7-9-14(16)2/h4-12,19H,3,13H2,1-2H3,(H2,22,23,25)/t19-/m0/s1. The van der Waals surface area contributed by atoms with E-state index < -0.39 is 33.6 Å². The van der Waals surface area contributed by atoms with Crippen molar-refractivity contribution in [2.45, 2.75) is 24.8 Å². The summed E-state index contributed by atoms with van der Waals surface area (Å²) < 4.78 is 30.9. The van der Waals surface area contributed by atoms with Crippen LogP contribution in [0.4, 0.5) is 4.79 Å². The van der Waals surface area contributed by atoms with E-state index >= 15 is 0 Å². The largest absolute Gasteiger partial charge is 0.463 e. The Labute approximate surface area is 169 Å². The third-order valence-corrected chi connectivity index (χ3v) is 6.24. The van der Waals surface area contributed by atoms with Gasteiger partial charge in [-0.05, 0) is 37.1 Å². The number of sulfone groups is 1. The summed E-state index contributed by atoms with van der Waals surface area (Å²) in [6.45, 7) is 3.64. The van der Waals surface area contributed by atoms with Crippen LogP contribution < -0.4 is 10.6 Å². The molecule has 2 aromatic carbocycles. The summed E-state index contributed by atoms with van der Waals surface area (Å²) >= 11 is 0. The fourth-order valence-electron chi connectivity index (χ4n) is 3.23. The molecule has 1 heterocycles. The highest BCUT2D eigenvalue weighted by atomic mass is 32.2. The highest BCUT2D eigenvalue weighted by Gasteiger charge is 2.36. The molecule has 3 rings (SSSR count). The number of rotatable bonds is 6. The Morgan fingerprint density at radius 3 is 2.38 bits per heavy atom. The molecular weight excluding hydrogens is 392 g/mol. The first-order chi connectivity index (χ1) is 13.8. The first-order valence-corrected chi connectivity index (χ1v) is 10.8. The average molecular weight is 414 g/mol. The number of esters is 1. The molecule has 1 aliphatic rings. The monoisotopic (exact) mass is 414 g/mol. The molecule has 152 valence electrons. The van der Waals surface area contributed by atoms with Crippen LogP contribution in [0, 0.1) is 6.92 Å². The molecule has 29 heavy (non-hydrogen) atoms. The van der Waals surface area contributed by atoms with Gasteiger partial charge in [-0.2, -0.15) is 0 Å². The minimum atomic E-state index is -3.79. The van der Waals surface area contributed by atoms with Gasteiger partial charge >= 0.3 is 12.0 Å². The molecule has 0 aliphatic carbocycles. The van der Waals surface area contributed by atoms with Crippen LogP contribution in [0.3, 0.4) is 0 Å². The summed E-state index contributed by atoms with van der Waals surface area (Å²) in [6.07, 6.45) is 0. The normalized spacial score (nSPS) is 16.8. The van der Waals surface area contributed by atoms with Crippen molar-refractivity contribution in [1.29, 1.82) is 0 Å². The fraction of sp³-hybridized carbons (Fsp3) is 0.238. The lowest BCUT2D eigenvalue weighted by Crippen LogP contribution is -2.47. The Hall–Kier alpha value is -3.13. The van der Waals surface area contributed by atoms with E-state index in [2.05, 4.69) is 10.6 Å². The predicted octanol–water partition coefficient (Wildman–Crippen LogP) is 2.64. The number of hydrogen-bond acceptors (Lipinski definition) is 5. The third kappa shape index (κ3) is 4.48. The minimum absolute atomic E-state index is 0.0179. The number of benzene rings is 2. The Morgan fingerprint density at radius 2 is 1.72 bits per heavy atom. The number of nitrogens with one attached hydrogen (secondary N) is 2. The maximum absolute atomic E-state index is 12.9. The van der Waals surface area contributed by atoms with Crippen molar-refractivity contribution in [2.24, 2.45) is 0 Å². The second-order valence-electron chi connectivity index (χ2n) is 6.57. The summed E-state index contributed by atoms with van der Waals surface area (Å²) in [5.41, 5.74) is 1.65. The molecule has 8 heteroatoms. The van der Waals surface area contributed by atoms with Crippen LogP contribution >= 0.6 is 0 Å². The van der Waals surface area contributed by atoms with Gasteiger partial charge in [0.2, 0.25) is 0 Å². The molecule has 0 fully saturated rings. The number of aryl methyl sites for hydroxylation is 1. The molecule has 0 saturated carbocycles. The molecule has 2 N–H and O–H groups in total. The quantitative estimate of drug-likeness (QED) is 0.708. The van der Waals surface area contributed by atoms with Crippen LogP contribution in [0.1, 0.15) is 24.1 Å². The van der Waals surface area contributed by atoms with Gasteiger partial charge < -0.3 is 15.4 Å². The third-order valence-electron chi connectivity index (χ3n) is 4.59. The van der Waals surface area contributed by atoms with Crippen molar-refractivity contribution in [3.8, 4) is 0 Å². The highest BCUT2D eigenvalue weighted by molar-refractivity contribution is 7.91. The topological polar surface area (TPSA) is 102 Å². The van der Waals surface area contributed by atoms with Gasteiger partial charge in [0.1, 0.15) is 0 Å². The van der Waals surface area contributed by atoms with Crippen LogP contribution in [0.15, 0.2) is 70.8 Å². The van der Waals surface area contributed by atoms with Gasteiger partial charge in [-0.3, -0.25) is 0 Å². The van der Waals surface area contributed by atoms with Gasteiger partial charge in [0.25, 0.3) is 0 Å². The molecule has 2 aromatic rings. The van der Waals surface area contributed by atoms with Crippen molar-refractivity contribution < 1.29 is 22.7 Å². The molecule has 1 aliphatic heterocycles. The van der Waals surface area contributed by atoms with Crippen molar-refractivity contribution >= 4 is 21.8 Å². The average Bonchev–Trinajstić information content (AvgIpc) is 2.68. The van der Waals surface area contributed by atoms with Crippen molar-refractivity contribution in [3.05, 3.63) is 77.0 Å². The van der Waals surface area contributed by atoms with Crippen molar-refractivity contribution in [2.75, 3.05) is 12.4 Å². The van der Waals surface area contributed by atoms with Gasteiger partial charge in [0, 0.05) is 5.70 Å². The first kappa shape index (κ1) is 20.6. The van der Waals surface area contributed by atoms with E-state index in [0.29, 0.717) is 5.56 Å². The smallest absolute Gasteiger partial charge is 0.338 e. The maximum atomic E-state index is 12.9. The van der Waals surface area contributed by atoms with Crippen LogP contribution in [-0.2, 0) is 19.4 Å². The fourth-order valence-corrected chi connectivity index (χ4v) is 4.57. The van der Waals surface area contributed by atoms with E-state index in [-0.39, 0.29) is 22.8 Å². The van der Waals surface area contributed by atoms with E-state index in [9.17, 15) is 18.0 Å². The van der Waals surface area contributed by atoms with E-state index in [1.807, 2.05) is 19.1 Å². The van der Waals surface area contributed by atoms with Crippen LogP contribution in [-0.4, -0.2) is 32.8 Å². The van der Waals surface area contributed by atoms with E-state index in [0.717, 1.165) is 5.56 Å². The maximum Gasteiger partial charge on any atom is 0.338 e. The summed E-state index contributed by atoms with van der Waals surface area (Å²) in [5.74, 6) is -1.20. The minimum Gasteiger partial charge on any atom is -0.463 e. The second kappa shape index (κ2) is 8.48. The molecule has 0 saturated heterocycles. The number of amides is 2. The molecule has 0 aromatic heterocycles. The van der Waals surface area contributed by atoms with Crippen LogP contribution in [0.5, 0.6) is 0 Å². The zero-order chi connectivity index (χ0) is 21.0. The highest BCUT2D eigenvalue weighted by Crippen LogP contribution is 2.31. The van der Waals surface area contributed by atoms with Gasteiger partial charge in [-0.25, -0.2) is 18.0 Å². The molecular formula is C21H22N2O5S. The second-order valence-corrected chi connectivity index (χ2v) is 8.56. The zero-order valence-electron chi connectivity index (χ0n) is 16.1. The van der Waals surface area contributed by atoms with Crippen molar-refractivity contribution in [3.63, 3.8) is 0 Å². The van der Waals surface area contributed by atoms with E-state index in [1.165, 1.54) is 12.1 Å². The van der Waals surface area contributed by atoms with Gasteiger partial charge in [-0.1, -0.05) is 42.5 Å². The Balaban J connectivity index is 2.12. The number of ether oxygens (including phenoxy) is 1. The molecule has 0 spiro atoms. The molecule has 0 unspecified atom stereocenters. The molecule has 0 radical (unpaired) electrons. The molecule has 7 nitrogen and oxygen atoms in total. The first-order valence-electron chi connectivity index (χ1n) is 9.14. The van der Waals surface area contributed by atoms with Crippen molar-refractivity contribution in [1.82, 2.24) is 10.6 Å². The zero-order valence-corrected chi connectivity index (χ0v) is 17.0. The lowest BCUT2D eigenvalue weighted by Gasteiger charge is -2.30. The number of carbonyl (C=O) groups excluding carboxylic acids is 2. The van der Waals surface area contributed by atoms with E-state index in [1.54, 1.807) is 37.3 Å². The summed E-state index contributed by atoms with van der Waals surface area (Å²) in [6, 6.07) is 13.8. The lowest BCUT2D eigenvalue weighted by atomic mass is 9.92.